The molecule has 0 bridgehead atoms. The van der Waals surface area contributed by atoms with Crippen molar-refractivity contribution in [2.75, 3.05) is 5.32 Å². The van der Waals surface area contributed by atoms with E-state index in [1.807, 2.05) is 31.2 Å². The molecule has 136 valence electrons. The van der Waals surface area contributed by atoms with Gasteiger partial charge in [-0.1, -0.05) is 30.3 Å². The van der Waals surface area contributed by atoms with Gasteiger partial charge < -0.3 is 5.32 Å². The zero-order chi connectivity index (χ0) is 19.0. The molecule has 27 heavy (non-hydrogen) atoms. The van der Waals surface area contributed by atoms with E-state index >= 15 is 0 Å². The second-order valence-electron chi connectivity index (χ2n) is 6.06. The zero-order valence-electron chi connectivity index (χ0n) is 14.4. The number of aryl methyl sites for hydroxylation is 1. The first-order valence-electron chi connectivity index (χ1n) is 8.17. The lowest BCUT2D eigenvalue weighted by Crippen LogP contribution is -2.02. The Bertz CT molecular complexity index is 1230. The Kier molecular flexibility index (Phi) is 4.14. The normalized spacial score (nSPS) is 11.6. The van der Waals surface area contributed by atoms with E-state index in [1.165, 1.54) is 6.07 Å². The largest absolute Gasteiger partial charge is 0.340 e. The van der Waals surface area contributed by atoms with Gasteiger partial charge in [-0.2, -0.15) is 18.0 Å². The van der Waals surface area contributed by atoms with Gasteiger partial charge in [-0.05, 0) is 30.7 Å². The third-order valence-corrected chi connectivity index (χ3v) is 5.03. The lowest BCUT2D eigenvalue weighted by atomic mass is 10.1. The van der Waals surface area contributed by atoms with E-state index in [1.54, 1.807) is 41.0 Å². The SMILES string of the molecule is Cc1cc(Nc2ccc(-c3ccccc3S(=O)(=O)O)cc2)n2nccc2n1. The topological polar surface area (TPSA) is 96.6 Å². The Hall–Kier alpha value is -3.23. The van der Waals surface area contributed by atoms with E-state index in [0.717, 1.165) is 22.8 Å². The molecule has 4 aromatic rings. The number of rotatable bonds is 4. The van der Waals surface area contributed by atoms with E-state index in [2.05, 4.69) is 15.4 Å². The summed E-state index contributed by atoms with van der Waals surface area (Å²) in [5.74, 6) is 0.772. The summed E-state index contributed by atoms with van der Waals surface area (Å²) in [6, 6.07) is 17.3. The first-order chi connectivity index (χ1) is 12.9. The molecule has 2 N–H and O–H groups in total. The van der Waals surface area contributed by atoms with Crippen LogP contribution >= 0.6 is 0 Å². The minimum atomic E-state index is -4.30. The molecule has 0 saturated carbocycles. The van der Waals surface area contributed by atoms with Crippen molar-refractivity contribution in [1.29, 1.82) is 0 Å². The smallest absolute Gasteiger partial charge is 0.295 e. The number of aromatic nitrogens is 3. The van der Waals surface area contributed by atoms with Crippen LogP contribution in [0.4, 0.5) is 11.5 Å². The maximum atomic E-state index is 11.6. The Labute approximate surface area is 156 Å². The number of nitrogens with one attached hydrogen (secondary N) is 1. The van der Waals surface area contributed by atoms with E-state index in [0.29, 0.717) is 11.1 Å². The molecule has 4 rings (SSSR count). The van der Waals surface area contributed by atoms with E-state index in [-0.39, 0.29) is 4.90 Å². The Morgan fingerprint density at radius 1 is 1.04 bits per heavy atom. The highest BCUT2D eigenvalue weighted by Crippen LogP contribution is 2.29. The molecule has 0 fully saturated rings. The second-order valence-corrected chi connectivity index (χ2v) is 7.45. The van der Waals surface area contributed by atoms with E-state index in [9.17, 15) is 13.0 Å². The highest BCUT2D eigenvalue weighted by Gasteiger charge is 2.15. The van der Waals surface area contributed by atoms with Crippen LogP contribution in [0.1, 0.15) is 5.69 Å². The third-order valence-electron chi connectivity index (χ3n) is 4.12. The number of nitrogens with zero attached hydrogens (tertiary/aromatic N) is 3. The maximum Gasteiger partial charge on any atom is 0.295 e. The molecule has 2 aromatic heterocycles. The van der Waals surface area contributed by atoms with Crippen molar-refractivity contribution in [3.63, 3.8) is 0 Å². The maximum absolute atomic E-state index is 11.6. The van der Waals surface area contributed by atoms with Gasteiger partial charge in [0.05, 0.1) is 6.20 Å². The predicted octanol–water partition coefficient (Wildman–Crippen LogP) is 3.70. The number of anilines is 2. The lowest BCUT2D eigenvalue weighted by molar-refractivity contribution is 0.483. The van der Waals surface area contributed by atoms with Crippen molar-refractivity contribution in [2.45, 2.75) is 11.8 Å². The molecule has 2 aromatic carbocycles. The summed E-state index contributed by atoms with van der Waals surface area (Å²) < 4.78 is 34.3. The molecule has 0 amide bonds. The number of hydrogen-bond acceptors (Lipinski definition) is 5. The van der Waals surface area contributed by atoms with Gasteiger partial charge in [-0.25, -0.2) is 4.98 Å². The fourth-order valence-corrected chi connectivity index (χ4v) is 3.65. The van der Waals surface area contributed by atoms with Crippen LogP contribution in [0.3, 0.4) is 0 Å². The van der Waals surface area contributed by atoms with Crippen LogP contribution in [-0.4, -0.2) is 27.6 Å². The standard InChI is InChI=1S/C19H16N4O3S/c1-13-12-19(23-18(21-13)10-11-20-23)22-15-8-6-14(7-9-15)16-4-2-3-5-17(16)27(24,25)26/h2-12,22H,1H3,(H,24,25,26). The summed E-state index contributed by atoms with van der Waals surface area (Å²) in [4.78, 5) is 4.29. The Morgan fingerprint density at radius 3 is 2.52 bits per heavy atom. The van der Waals surface area contributed by atoms with Crippen molar-refractivity contribution in [2.24, 2.45) is 0 Å². The molecule has 2 heterocycles. The first-order valence-corrected chi connectivity index (χ1v) is 9.61. The first kappa shape index (κ1) is 17.2. The molecule has 0 spiro atoms. The lowest BCUT2D eigenvalue weighted by Gasteiger charge is -2.11. The van der Waals surface area contributed by atoms with Gasteiger partial charge >= 0.3 is 0 Å². The average Bonchev–Trinajstić information content (AvgIpc) is 3.10. The van der Waals surface area contributed by atoms with Crippen LogP contribution in [0.5, 0.6) is 0 Å². The summed E-state index contributed by atoms with van der Waals surface area (Å²) in [7, 11) is -4.30. The molecular weight excluding hydrogens is 364 g/mol. The van der Waals surface area contributed by atoms with Crippen LogP contribution in [0, 0.1) is 6.92 Å². The summed E-state index contributed by atoms with van der Waals surface area (Å²) >= 11 is 0. The van der Waals surface area contributed by atoms with Gasteiger partial charge in [0.15, 0.2) is 5.65 Å². The van der Waals surface area contributed by atoms with E-state index in [4.69, 9.17) is 0 Å². The second kappa shape index (κ2) is 6.49. The Morgan fingerprint density at radius 2 is 1.78 bits per heavy atom. The molecule has 0 aliphatic heterocycles. The fourth-order valence-electron chi connectivity index (χ4n) is 2.94. The summed E-state index contributed by atoms with van der Waals surface area (Å²) in [5.41, 5.74) is 3.55. The molecule has 0 aliphatic carbocycles. The summed E-state index contributed by atoms with van der Waals surface area (Å²) in [5, 5.41) is 7.55. The van der Waals surface area contributed by atoms with Gasteiger partial charge in [0.25, 0.3) is 10.1 Å². The summed E-state index contributed by atoms with van der Waals surface area (Å²) in [6.07, 6.45) is 1.68. The quantitative estimate of drug-likeness (QED) is 0.524. The van der Waals surface area contributed by atoms with Gasteiger partial charge in [-0.15, -0.1) is 0 Å². The summed E-state index contributed by atoms with van der Waals surface area (Å²) in [6.45, 7) is 1.91. The van der Waals surface area contributed by atoms with Crippen molar-refractivity contribution in [1.82, 2.24) is 14.6 Å². The van der Waals surface area contributed by atoms with Crippen LogP contribution in [0.25, 0.3) is 16.8 Å². The molecule has 0 unspecified atom stereocenters. The fraction of sp³-hybridized carbons (Fsp3) is 0.0526. The van der Waals surface area contributed by atoms with Gasteiger partial charge in [0, 0.05) is 29.1 Å². The molecule has 7 nitrogen and oxygen atoms in total. The van der Waals surface area contributed by atoms with Crippen molar-refractivity contribution >= 4 is 27.3 Å². The van der Waals surface area contributed by atoms with Crippen molar-refractivity contribution < 1.29 is 13.0 Å². The third kappa shape index (κ3) is 3.40. The Balaban J connectivity index is 1.69. The number of hydrogen-bond donors (Lipinski definition) is 2. The van der Waals surface area contributed by atoms with E-state index < -0.39 is 10.1 Å². The monoisotopic (exact) mass is 380 g/mol. The number of fused-ring (bicyclic) bond motifs is 1. The minimum absolute atomic E-state index is 0.117. The molecular formula is C19H16N4O3S. The molecule has 0 atom stereocenters. The molecule has 8 heteroatoms. The number of benzene rings is 2. The highest BCUT2D eigenvalue weighted by atomic mass is 32.2. The highest BCUT2D eigenvalue weighted by molar-refractivity contribution is 7.86. The molecule has 0 saturated heterocycles. The predicted molar refractivity (Wildman–Crippen MR) is 103 cm³/mol. The zero-order valence-corrected chi connectivity index (χ0v) is 15.2. The van der Waals surface area contributed by atoms with Gasteiger partial charge in [0.1, 0.15) is 10.7 Å². The average molecular weight is 380 g/mol. The van der Waals surface area contributed by atoms with Gasteiger partial charge in [-0.3, -0.25) is 4.55 Å². The van der Waals surface area contributed by atoms with Crippen LogP contribution in [0.2, 0.25) is 0 Å². The minimum Gasteiger partial charge on any atom is -0.340 e. The van der Waals surface area contributed by atoms with Crippen molar-refractivity contribution in [3.05, 3.63) is 72.6 Å². The van der Waals surface area contributed by atoms with Gasteiger partial charge in [0.2, 0.25) is 0 Å². The van der Waals surface area contributed by atoms with Crippen molar-refractivity contribution in [3.8, 4) is 11.1 Å². The van der Waals surface area contributed by atoms with Crippen LogP contribution in [0.15, 0.2) is 71.8 Å². The molecule has 0 radical (unpaired) electrons. The van der Waals surface area contributed by atoms with Crippen LogP contribution < -0.4 is 5.32 Å². The van der Waals surface area contributed by atoms with Crippen LogP contribution in [-0.2, 0) is 10.1 Å². The molecule has 0 aliphatic rings.